The third-order valence-corrected chi connectivity index (χ3v) is 3.08. The molecule has 0 saturated heterocycles. The Bertz CT molecular complexity index is 749. The summed E-state index contributed by atoms with van der Waals surface area (Å²) >= 11 is 0. The van der Waals surface area contributed by atoms with Crippen molar-refractivity contribution in [3.63, 3.8) is 0 Å². The van der Waals surface area contributed by atoms with E-state index in [2.05, 4.69) is 15.6 Å². The van der Waals surface area contributed by atoms with E-state index >= 15 is 0 Å². The van der Waals surface area contributed by atoms with Gasteiger partial charge in [-0.1, -0.05) is 48.0 Å². The van der Waals surface area contributed by atoms with Crippen LogP contribution in [0.4, 0.5) is 5.82 Å². The molecule has 104 valence electrons. The van der Waals surface area contributed by atoms with Crippen molar-refractivity contribution in [1.29, 1.82) is 0 Å². The summed E-state index contributed by atoms with van der Waals surface area (Å²) in [5.41, 5.74) is 3.00. The first-order valence-electron chi connectivity index (χ1n) is 6.50. The van der Waals surface area contributed by atoms with Crippen molar-refractivity contribution in [2.24, 2.45) is 0 Å². The van der Waals surface area contributed by atoms with Gasteiger partial charge in [0.1, 0.15) is 0 Å². The minimum absolute atomic E-state index is 0.247. The first-order chi connectivity index (χ1) is 10.2. The van der Waals surface area contributed by atoms with Gasteiger partial charge in [0.15, 0.2) is 5.69 Å². The summed E-state index contributed by atoms with van der Waals surface area (Å²) in [4.78, 5) is 12.2. The third kappa shape index (κ3) is 2.81. The number of carbonyl (C=O) groups excluding carboxylic acids is 1. The van der Waals surface area contributed by atoms with Crippen molar-refractivity contribution in [2.45, 2.75) is 6.92 Å². The fraction of sp³-hybridized carbons (Fsp3) is 0.0625. The second-order valence-electron chi connectivity index (χ2n) is 4.65. The Hall–Kier alpha value is -2.95. The predicted octanol–water partition coefficient (Wildman–Crippen LogP) is 3.30. The van der Waals surface area contributed by atoms with Crippen molar-refractivity contribution < 1.29 is 9.42 Å². The maximum atomic E-state index is 12.2. The van der Waals surface area contributed by atoms with Crippen LogP contribution in [0.15, 0.2) is 59.2 Å². The van der Waals surface area contributed by atoms with Gasteiger partial charge in [-0.3, -0.25) is 4.79 Å². The summed E-state index contributed by atoms with van der Waals surface area (Å²) in [6.07, 6.45) is 0. The number of hydrogen-bond acceptors (Lipinski definition) is 4. The molecule has 3 aromatic rings. The molecule has 0 aliphatic rings. The lowest BCUT2D eigenvalue weighted by atomic mass is 10.1. The monoisotopic (exact) mass is 279 g/mol. The molecule has 0 aliphatic carbocycles. The van der Waals surface area contributed by atoms with E-state index in [0.717, 1.165) is 11.1 Å². The zero-order chi connectivity index (χ0) is 14.7. The van der Waals surface area contributed by atoms with Gasteiger partial charge >= 0.3 is 0 Å². The highest BCUT2D eigenvalue weighted by molar-refractivity contribution is 6.05. The van der Waals surface area contributed by atoms with E-state index in [4.69, 9.17) is 4.63 Å². The number of rotatable bonds is 3. The van der Waals surface area contributed by atoms with E-state index in [1.54, 1.807) is 12.1 Å². The van der Waals surface area contributed by atoms with E-state index in [1.807, 2.05) is 49.4 Å². The molecule has 0 fully saturated rings. The average Bonchev–Trinajstić information content (AvgIpc) is 2.97. The van der Waals surface area contributed by atoms with Gasteiger partial charge in [0.25, 0.3) is 5.91 Å². The number of carbonyl (C=O) groups is 1. The first-order valence-corrected chi connectivity index (χ1v) is 6.50. The number of nitrogens with one attached hydrogen (secondary N) is 1. The SMILES string of the molecule is Cc1ccc(C(=O)Nc2nonc2-c2ccccc2)cc1. The van der Waals surface area contributed by atoms with Gasteiger partial charge in [-0.2, -0.15) is 0 Å². The van der Waals surface area contributed by atoms with Crippen LogP contribution in [0.3, 0.4) is 0 Å². The molecule has 21 heavy (non-hydrogen) atoms. The molecule has 0 unspecified atom stereocenters. The largest absolute Gasteiger partial charge is 0.302 e. The van der Waals surface area contributed by atoms with Crippen LogP contribution in [0.2, 0.25) is 0 Å². The molecular weight excluding hydrogens is 266 g/mol. The summed E-state index contributed by atoms with van der Waals surface area (Å²) < 4.78 is 4.74. The molecule has 0 saturated carbocycles. The summed E-state index contributed by atoms with van der Waals surface area (Å²) in [5.74, 6) is 0.0645. The summed E-state index contributed by atoms with van der Waals surface area (Å²) in [7, 11) is 0. The number of nitrogens with zero attached hydrogens (tertiary/aromatic N) is 2. The van der Waals surface area contributed by atoms with E-state index < -0.39 is 0 Å². The first kappa shape index (κ1) is 13.1. The van der Waals surface area contributed by atoms with E-state index in [-0.39, 0.29) is 5.91 Å². The Balaban J connectivity index is 1.85. The van der Waals surface area contributed by atoms with E-state index in [9.17, 15) is 4.79 Å². The smallest absolute Gasteiger partial charge is 0.256 e. The topological polar surface area (TPSA) is 68.0 Å². The molecule has 0 radical (unpaired) electrons. The Morgan fingerprint density at radius 2 is 1.71 bits per heavy atom. The Kier molecular flexibility index (Phi) is 3.47. The van der Waals surface area contributed by atoms with Crippen LogP contribution in [0.25, 0.3) is 11.3 Å². The van der Waals surface area contributed by atoms with Crippen LogP contribution < -0.4 is 5.32 Å². The molecular formula is C16H13N3O2. The number of aryl methyl sites for hydroxylation is 1. The van der Waals surface area contributed by atoms with Gasteiger partial charge in [-0.15, -0.1) is 0 Å². The average molecular weight is 279 g/mol. The highest BCUT2D eigenvalue weighted by Crippen LogP contribution is 2.24. The molecule has 0 aliphatic heterocycles. The second kappa shape index (κ2) is 5.58. The maximum Gasteiger partial charge on any atom is 0.256 e. The molecule has 1 N–H and O–H groups in total. The summed E-state index contributed by atoms with van der Waals surface area (Å²) in [6, 6.07) is 16.7. The van der Waals surface area contributed by atoms with Gasteiger partial charge in [-0.05, 0) is 29.4 Å². The number of amides is 1. The minimum Gasteiger partial charge on any atom is -0.302 e. The van der Waals surface area contributed by atoms with E-state index in [1.165, 1.54) is 0 Å². The van der Waals surface area contributed by atoms with Gasteiger partial charge in [0.05, 0.1) is 0 Å². The van der Waals surface area contributed by atoms with Crippen LogP contribution >= 0.6 is 0 Å². The molecule has 1 aromatic heterocycles. The maximum absolute atomic E-state index is 12.2. The molecule has 3 rings (SSSR count). The number of hydrogen-bond donors (Lipinski definition) is 1. The van der Waals surface area contributed by atoms with Crippen LogP contribution in [-0.4, -0.2) is 16.2 Å². The highest BCUT2D eigenvalue weighted by Gasteiger charge is 2.15. The normalized spacial score (nSPS) is 10.3. The summed E-state index contributed by atoms with van der Waals surface area (Å²) in [6.45, 7) is 1.97. The van der Waals surface area contributed by atoms with Gasteiger partial charge in [-0.25, -0.2) is 4.63 Å². The quantitative estimate of drug-likeness (QED) is 0.798. The van der Waals surface area contributed by atoms with Crippen molar-refractivity contribution in [3.05, 3.63) is 65.7 Å². The number of aromatic nitrogens is 2. The van der Waals surface area contributed by atoms with Gasteiger partial charge < -0.3 is 5.32 Å². The number of benzene rings is 2. The number of anilines is 1. The Labute approximate surface area is 121 Å². The minimum atomic E-state index is -0.247. The standard InChI is InChI=1S/C16H13N3O2/c1-11-7-9-13(10-8-11)16(20)17-15-14(18-21-19-15)12-5-3-2-4-6-12/h2-10H,1H3,(H,17,19,20). The predicted molar refractivity (Wildman–Crippen MR) is 78.9 cm³/mol. The fourth-order valence-corrected chi connectivity index (χ4v) is 1.94. The molecule has 0 bridgehead atoms. The third-order valence-electron chi connectivity index (χ3n) is 3.08. The Morgan fingerprint density at radius 1 is 1.00 bits per heavy atom. The molecule has 1 heterocycles. The molecule has 1 amide bonds. The van der Waals surface area contributed by atoms with Crippen LogP contribution in [0.1, 0.15) is 15.9 Å². The second-order valence-corrected chi connectivity index (χ2v) is 4.65. The molecule has 0 atom stereocenters. The van der Waals surface area contributed by atoms with Crippen molar-refractivity contribution in [3.8, 4) is 11.3 Å². The lowest BCUT2D eigenvalue weighted by Gasteiger charge is -2.03. The lowest BCUT2D eigenvalue weighted by Crippen LogP contribution is -2.12. The van der Waals surface area contributed by atoms with Gasteiger partial charge in [0.2, 0.25) is 5.82 Å². The molecule has 5 heteroatoms. The fourth-order valence-electron chi connectivity index (χ4n) is 1.94. The van der Waals surface area contributed by atoms with Crippen LogP contribution in [-0.2, 0) is 0 Å². The lowest BCUT2D eigenvalue weighted by molar-refractivity contribution is 0.102. The van der Waals surface area contributed by atoms with Crippen molar-refractivity contribution >= 4 is 11.7 Å². The molecule has 5 nitrogen and oxygen atoms in total. The van der Waals surface area contributed by atoms with Gasteiger partial charge in [0, 0.05) is 11.1 Å². The molecule has 0 spiro atoms. The van der Waals surface area contributed by atoms with Crippen LogP contribution in [0, 0.1) is 6.92 Å². The zero-order valence-electron chi connectivity index (χ0n) is 11.4. The van der Waals surface area contributed by atoms with E-state index in [0.29, 0.717) is 17.1 Å². The highest BCUT2D eigenvalue weighted by atomic mass is 16.6. The van der Waals surface area contributed by atoms with Crippen LogP contribution in [0.5, 0.6) is 0 Å². The summed E-state index contributed by atoms with van der Waals surface area (Å²) in [5, 5.41) is 10.3. The molecule has 2 aromatic carbocycles. The van der Waals surface area contributed by atoms with Crippen molar-refractivity contribution in [1.82, 2.24) is 10.3 Å². The zero-order valence-corrected chi connectivity index (χ0v) is 11.4. The Morgan fingerprint density at radius 3 is 2.43 bits per heavy atom. The van der Waals surface area contributed by atoms with Crippen molar-refractivity contribution in [2.75, 3.05) is 5.32 Å².